The molecular weight excluding hydrogens is 246 g/mol. The van der Waals surface area contributed by atoms with Gasteiger partial charge in [-0.2, -0.15) is 0 Å². The van der Waals surface area contributed by atoms with Crippen LogP contribution < -0.4 is 5.73 Å². The summed E-state index contributed by atoms with van der Waals surface area (Å²) in [6.07, 6.45) is 1.62. The maximum atomic E-state index is 8.90. The Morgan fingerprint density at radius 1 is 0.889 bits per heavy atom. The molecule has 0 amide bonds. The molecule has 0 bridgehead atoms. The lowest BCUT2D eigenvalue weighted by Gasteiger charge is -2.23. The largest absolute Gasteiger partial charge is 0.396 e. The topological polar surface area (TPSA) is 46.2 Å². The third-order valence-corrected chi connectivity index (χ3v) is 4.10. The standard InChI is InChI=1S/C15H25NO.ClH/c1-9-10(2)12(4)15(13(5)11(9)3)14(16)7-6-8-17;/h14,17H,6-8,16H2,1-5H3;1H/t14-;/m1./s1. The predicted octanol–water partition coefficient (Wildman–Crippen LogP) is 3.42. The highest BCUT2D eigenvalue weighted by atomic mass is 35.5. The van der Waals surface area contributed by atoms with Gasteiger partial charge in [0.15, 0.2) is 0 Å². The number of aliphatic hydroxyl groups excluding tert-OH is 1. The molecule has 1 aromatic carbocycles. The second-order valence-corrected chi connectivity index (χ2v) is 5.01. The lowest BCUT2D eigenvalue weighted by atomic mass is 9.85. The third-order valence-electron chi connectivity index (χ3n) is 4.10. The van der Waals surface area contributed by atoms with Crippen LogP contribution >= 0.6 is 12.4 Å². The molecule has 0 aromatic heterocycles. The summed E-state index contributed by atoms with van der Waals surface area (Å²) in [6.45, 7) is 11.0. The second kappa shape index (κ2) is 7.13. The first-order valence-corrected chi connectivity index (χ1v) is 6.35. The Kier molecular flexibility index (Phi) is 6.90. The zero-order valence-corrected chi connectivity index (χ0v) is 12.9. The first-order valence-electron chi connectivity index (χ1n) is 6.35. The molecule has 0 saturated carbocycles. The highest BCUT2D eigenvalue weighted by molar-refractivity contribution is 5.85. The third kappa shape index (κ3) is 3.25. The molecule has 3 heteroatoms. The highest BCUT2D eigenvalue weighted by Gasteiger charge is 2.17. The molecule has 1 rings (SSSR count). The van der Waals surface area contributed by atoms with Crippen molar-refractivity contribution >= 4 is 12.4 Å². The van der Waals surface area contributed by atoms with Crippen molar-refractivity contribution in [1.82, 2.24) is 0 Å². The molecule has 0 saturated heterocycles. The van der Waals surface area contributed by atoms with Gasteiger partial charge in [-0.05, 0) is 80.8 Å². The van der Waals surface area contributed by atoms with E-state index in [1.807, 2.05) is 0 Å². The van der Waals surface area contributed by atoms with Crippen LogP contribution in [0.2, 0.25) is 0 Å². The molecule has 0 spiro atoms. The minimum absolute atomic E-state index is 0. The molecule has 0 aliphatic heterocycles. The maximum absolute atomic E-state index is 8.90. The monoisotopic (exact) mass is 271 g/mol. The van der Waals surface area contributed by atoms with Crippen molar-refractivity contribution in [3.63, 3.8) is 0 Å². The fraction of sp³-hybridized carbons (Fsp3) is 0.600. The highest BCUT2D eigenvalue weighted by Crippen LogP contribution is 2.31. The molecular formula is C15H26ClNO. The molecule has 0 unspecified atom stereocenters. The smallest absolute Gasteiger partial charge is 0.0431 e. The Hall–Kier alpha value is -0.570. The van der Waals surface area contributed by atoms with E-state index >= 15 is 0 Å². The van der Waals surface area contributed by atoms with Crippen molar-refractivity contribution < 1.29 is 5.11 Å². The summed E-state index contributed by atoms with van der Waals surface area (Å²) < 4.78 is 0. The van der Waals surface area contributed by atoms with Gasteiger partial charge in [-0.25, -0.2) is 0 Å². The summed E-state index contributed by atoms with van der Waals surface area (Å²) in [5.74, 6) is 0. The van der Waals surface area contributed by atoms with Crippen LogP contribution in [0.4, 0.5) is 0 Å². The Morgan fingerprint density at radius 3 is 1.67 bits per heavy atom. The van der Waals surface area contributed by atoms with Gasteiger partial charge in [0, 0.05) is 12.6 Å². The van der Waals surface area contributed by atoms with Crippen molar-refractivity contribution in [3.05, 3.63) is 33.4 Å². The summed E-state index contributed by atoms with van der Waals surface area (Å²) in [6, 6.07) is 0.0418. The van der Waals surface area contributed by atoms with E-state index in [2.05, 4.69) is 34.6 Å². The number of nitrogens with two attached hydrogens (primary N) is 1. The van der Waals surface area contributed by atoms with Gasteiger partial charge in [0.25, 0.3) is 0 Å². The van der Waals surface area contributed by atoms with Gasteiger partial charge in [-0.3, -0.25) is 0 Å². The van der Waals surface area contributed by atoms with E-state index in [9.17, 15) is 0 Å². The average Bonchev–Trinajstić information content (AvgIpc) is 2.31. The van der Waals surface area contributed by atoms with Gasteiger partial charge in [-0.15, -0.1) is 12.4 Å². The van der Waals surface area contributed by atoms with E-state index in [4.69, 9.17) is 10.8 Å². The fourth-order valence-electron chi connectivity index (χ4n) is 2.54. The van der Waals surface area contributed by atoms with Crippen LogP contribution in [0.5, 0.6) is 0 Å². The van der Waals surface area contributed by atoms with Gasteiger partial charge in [0.2, 0.25) is 0 Å². The molecule has 1 aromatic rings. The first kappa shape index (κ1) is 17.4. The number of aliphatic hydroxyl groups is 1. The number of rotatable bonds is 4. The summed E-state index contributed by atoms with van der Waals surface area (Å²) in [4.78, 5) is 0. The van der Waals surface area contributed by atoms with Gasteiger partial charge in [-0.1, -0.05) is 0 Å². The van der Waals surface area contributed by atoms with Gasteiger partial charge < -0.3 is 10.8 Å². The number of halogens is 1. The van der Waals surface area contributed by atoms with Crippen LogP contribution in [0.25, 0.3) is 0 Å². The summed E-state index contributed by atoms with van der Waals surface area (Å²) in [5, 5.41) is 8.90. The van der Waals surface area contributed by atoms with Crippen LogP contribution in [0, 0.1) is 34.6 Å². The van der Waals surface area contributed by atoms with Crippen molar-refractivity contribution in [1.29, 1.82) is 0 Å². The van der Waals surface area contributed by atoms with E-state index in [1.54, 1.807) is 0 Å². The van der Waals surface area contributed by atoms with Crippen LogP contribution in [-0.4, -0.2) is 11.7 Å². The Bertz CT molecular complexity index is 386. The van der Waals surface area contributed by atoms with Crippen LogP contribution in [-0.2, 0) is 0 Å². The van der Waals surface area contributed by atoms with E-state index in [1.165, 1.54) is 33.4 Å². The zero-order valence-electron chi connectivity index (χ0n) is 12.1. The van der Waals surface area contributed by atoms with E-state index < -0.39 is 0 Å². The Balaban J connectivity index is 0.00000289. The molecule has 0 aliphatic carbocycles. The van der Waals surface area contributed by atoms with Crippen LogP contribution in [0.1, 0.15) is 52.3 Å². The summed E-state index contributed by atoms with van der Waals surface area (Å²) in [7, 11) is 0. The first-order chi connectivity index (χ1) is 7.91. The minimum atomic E-state index is 0. The lowest BCUT2D eigenvalue weighted by Crippen LogP contribution is -2.16. The van der Waals surface area contributed by atoms with Crippen molar-refractivity contribution in [2.45, 2.75) is 53.5 Å². The Morgan fingerprint density at radius 2 is 1.28 bits per heavy atom. The van der Waals surface area contributed by atoms with Crippen molar-refractivity contribution in [3.8, 4) is 0 Å². The Labute approximate surface area is 117 Å². The minimum Gasteiger partial charge on any atom is -0.396 e. The normalized spacial score (nSPS) is 12.2. The van der Waals surface area contributed by atoms with E-state index in [-0.39, 0.29) is 25.1 Å². The zero-order chi connectivity index (χ0) is 13.2. The lowest BCUT2D eigenvalue weighted by molar-refractivity contribution is 0.280. The van der Waals surface area contributed by atoms with Gasteiger partial charge >= 0.3 is 0 Å². The SMILES string of the molecule is Cc1c(C)c(C)c([C@H](N)CCCO)c(C)c1C.Cl. The number of benzene rings is 1. The van der Waals surface area contributed by atoms with Gasteiger partial charge in [0.05, 0.1) is 0 Å². The van der Waals surface area contributed by atoms with E-state index in [0.717, 1.165) is 12.8 Å². The summed E-state index contributed by atoms with van der Waals surface area (Å²) >= 11 is 0. The molecule has 2 nitrogen and oxygen atoms in total. The van der Waals surface area contributed by atoms with Crippen molar-refractivity contribution in [2.75, 3.05) is 6.61 Å². The predicted molar refractivity (Wildman–Crippen MR) is 80.6 cm³/mol. The molecule has 18 heavy (non-hydrogen) atoms. The van der Waals surface area contributed by atoms with E-state index in [0.29, 0.717) is 0 Å². The molecule has 0 heterocycles. The second-order valence-electron chi connectivity index (χ2n) is 5.01. The quantitative estimate of drug-likeness (QED) is 0.881. The maximum Gasteiger partial charge on any atom is 0.0431 e. The molecule has 0 radical (unpaired) electrons. The van der Waals surface area contributed by atoms with Gasteiger partial charge in [0.1, 0.15) is 0 Å². The molecule has 0 fully saturated rings. The molecule has 3 N–H and O–H groups in total. The van der Waals surface area contributed by atoms with Crippen LogP contribution in [0.3, 0.4) is 0 Å². The molecule has 0 aliphatic rings. The van der Waals surface area contributed by atoms with Crippen molar-refractivity contribution in [2.24, 2.45) is 5.73 Å². The fourth-order valence-corrected chi connectivity index (χ4v) is 2.54. The molecule has 104 valence electrons. The number of hydrogen-bond donors (Lipinski definition) is 2. The average molecular weight is 272 g/mol. The molecule has 1 atom stereocenters. The number of hydrogen-bond acceptors (Lipinski definition) is 2. The summed E-state index contributed by atoms with van der Waals surface area (Å²) in [5.41, 5.74) is 14.2. The van der Waals surface area contributed by atoms with Crippen LogP contribution in [0.15, 0.2) is 0 Å².